The van der Waals surface area contributed by atoms with Crippen molar-refractivity contribution in [3.05, 3.63) is 52.5 Å². The van der Waals surface area contributed by atoms with Crippen LogP contribution in [0.5, 0.6) is 0 Å². The highest BCUT2D eigenvalue weighted by atomic mass is 32.1. The van der Waals surface area contributed by atoms with E-state index in [0.717, 1.165) is 42.2 Å². The zero-order chi connectivity index (χ0) is 23.5. The summed E-state index contributed by atoms with van der Waals surface area (Å²) in [5, 5.41) is 3.33. The molecule has 1 aromatic carbocycles. The maximum atomic E-state index is 13.0. The van der Waals surface area contributed by atoms with Gasteiger partial charge in [0.2, 0.25) is 0 Å². The average molecular weight is 459 g/mol. The number of nitrogens with zero attached hydrogens (tertiary/aromatic N) is 2. The van der Waals surface area contributed by atoms with Gasteiger partial charge in [0.05, 0.1) is 18.4 Å². The van der Waals surface area contributed by atoms with Crippen LogP contribution >= 0.6 is 11.3 Å². The summed E-state index contributed by atoms with van der Waals surface area (Å²) in [6.07, 6.45) is -1.85. The number of alkyl halides is 3. The molecule has 1 N–H and O–H groups in total. The molecule has 1 aliphatic rings. The first-order valence-electron chi connectivity index (χ1n) is 10.1. The first-order valence-corrected chi connectivity index (χ1v) is 10.9. The van der Waals surface area contributed by atoms with Gasteiger partial charge in [-0.1, -0.05) is 43.6 Å². The van der Waals surface area contributed by atoms with Crippen molar-refractivity contribution in [2.45, 2.75) is 38.8 Å². The summed E-state index contributed by atoms with van der Waals surface area (Å²) in [5.74, 6) is -0.574. The number of benzene rings is 1. The number of esters is 1. The van der Waals surface area contributed by atoms with Crippen LogP contribution < -0.4 is 10.8 Å². The Bertz CT molecular complexity index is 1100. The number of hydrogen-bond donors (Lipinski definition) is 1. The van der Waals surface area contributed by atoms with Crippen LogP contribution in [0.25, 0.3) is 11.3 Å². The van der Waals surface area contributed by atoms with E-state index in [1.807, 2.05) is 26.0 Å². The molecule has 2 aromatic heterocycles. The number of halogens is 3. The summed E-state index contributed by atoms with van der Waals surface area (Å²) in [7, 11) is 6.86. The lowest BCUT2D eigenvalue weighted by Gasteiger charge is -2.11. The molecular formula is C22H21BF3N3O2S. The third-order valence-corrected chi connectivity index (χ3v) is 5.76. The van der Waals surface area contributed by atoms with E-state index in [0.29, 0.717) is 22.7 Å². The lowest BCUT2D eigenvalue weighted by molar-refractivity contribution is -0.137. The first-order chi connectivity index (χ1) is 15.3. The Hall–Kier alpha value is -2.88. The molecule has 0 unspecified atom stereocenters. The quantitative estimate of drug-likeness (QED) is 0.406. The third kappa shape index (κ3) is 5.30. The number of ether oxygens (including phenoxy) is 1. The Labute approximate surface area is 189 Å². The molecule has 0 bridgehead atoms. The van der Waals surface area contributed by atoms with Gasteiger partial charge in [0.1, 0.15) is 19.2 Å². The molecule has 0 amide bonds. The SMILES string of the molecule is CC.[B]c1ccc(-c2nc(Nc3ncc(C(F)(F)F)cc3C(=O)OC)sc2C2CC2)cc1. The Morgan fingerprint density at radius 3 is 2.44 bits per heavy atom. The van der Waals surface area contributed by atoms with Crippen LogP contribution in [0, 0.1) is 0 Å². The van der Waals surface area contributed by atoms with Crippen LogP contribution in [0.2, 0.25) is 0 Å². The van der Waals surface area contributed by atoms with Crippen LogP contribution in [0.1, 0.15) is 53.4 Å². The molecule has 1 saturated carbocycles. The fourth-order valence-corrected chi connectivity index (χ4v) is 4.10. The number of pyridine rings is 1. The zero-order valence-corrected chi connectivity index (χ0v) is 18.6. The highest BCUT2D eigenvalue weighted by Gasteiger charge is 2.33. The number of nitrogens with one attached hydrogen (secondary N) is 1. The van der Waals surface area contributed by atoms with Gasteiger partial charge in [-0.2, -0.15) is 13.2 Å². The van der Waals surface area contributed by atoms with Gasteiger partial charge in [-0.25, -0.2) is 14.8 Å². The van der Waals surface area contributed by atoms with Gasteiger partial charge in [-0.15, -0.1) is 11.3 Å². The molecule has 0 aliphatic heterocycles. The van der Waals surface area contributed by atoms with Crippen molar-refractivity contribution in [2.75, 3.05) is 12.4 Å². The predicted molar refractivity (Wildman–Crippen MR) is 120 cm³/mol. The Morgan fingerprint density at radius 2 is 1.88 bits per heavy atom. The summed E-state index contributed by atoms with van der Waals surface area (Å²) in [4.78, 5) is 21.6. The Balaban J connectivity index is 0.00000141. The summed E-state index contributed by atoms with van der Waals surface area (Å²) in [5.41, 5.74) is 0.968. The summed E-state index contributed by atoms with van der Waals surface area (Å²) >= 11 is 1.39. The fourth-order valence-electron chi connectivity index (χ4n) is 2.94. The largest absolute Gasteiger partial charge is 0.465 e. The van der Waals surface area contributed by atoms with Gasteiger partial charge in [-0.3, -0.25) is 0 Å². The average Bonchev–Trinajstić information content (AvgIpc) is 3.55. The molecule has 0 spiro atoms. The molecule has 1 aliphatic carbocycles. The van der Waals surface area contributed by atoms with Gasteiger partial charge >= 0.3 is 12.1 Å². The second-order valence-corrected chi connectivity index (χ2v) is 7.89. The van der Waals surface area contributed by atoms with Crippen molar-refractivity contribution in [2.24, 2.45) is 0 Å². The van der Waals surface area contributed by atoms with Crippen LogP contribution in [0.3, 0.4) is 0 Å². The summed E-state index contributed by atoms with van der Waals surface area (Å²) in [6, 6.07) is 8.03. The van der Waals surface area contributed by atoms with Crippen LogP contribution in [-0.4, -0.2) is 30.9 Å². The molecule has 5 nitrogen and oxygen atoms in total. The van der Waals surface area contributed by atoms with Gasteiger partial charge in [0, 0.05) is 16.6 Å². The fraction of sp³-hybridized carbons (Fsp3) is 0.318. The standard InChI is InChI=1S/C20H15BF3N3O2S.C2H6/c1-29-18(28)14-8-12(20(22,23)24)9-25-17(14)27-19-26-15(16(30-19)11-2-3-11)10-4-6-13(21)7-5-10;1-2/h4-9,11H,2-3H2,1H3,(H,25,26,27);1-2H3. The van der Waals surface area contributed by atoms with Crippen molar-refractivity contribution in [1.82, 2.24) is 9.97 Å². The maximum Gasteiger partial charge on any atom is 0.417 e. The van der Waals surface area contributed by atoms with Crippen molar-refractivity contribution < 1.29 is 22.7 Å². The molecule has 4 rings (SSSR count). The topological polar surface area (TPSA) is 64.1 Å². The Kier molecular flexibility index (Phi) is 7.23. The highest BCUT2D eigenvalue weighted by Crippen LogP contribution is 2.48. The number of anilines is 2. The summed E-state index contributed by atoms with van der Waals surface area (Å²) < 4.78 is 43.7. The zero-order valence-electron chi connectivity index (χ0n) is 17.8. The highest BCUT2D eigenvalue weighted by molar-refractivity contribution is 7.16. The van der Waals surface area contributed by atoms with Gasteiger partial charge in [0.25, 0.3) is 0 Å². The number of methoxy groups -OCH3 is 1. The number of carbonyl (C=O) groups excluding carboxylic acids is 1. The minimum atomic E-state index is -4.63. The number of rotatable bonds is 5. The molecule has 0 saturated heterocycles. The predicted octanol–water partition coefficient (Wildman–Crippen LogP) is 5.45. The van der Waals surface area contributed by atoms with Crippen LogP contribution in [0.4, 0.5) is 24.1 Å². The third-order valence-electron chi connectivity index (χ3n) is 4.63. The summed E-state index contributed by atoms with van der Waals surface area (Å²) in [6.45, 7) is 4.00. The number of hydrogen-bond acceptors (Lipinski definition) is 6. The van der Waals surface area contributed by atoms with E-state index in [4.69, 9.17) is 7.85 Å². The smallest absolute Gasteiger partial charge is 0.417 e. The Morgan fingerprint density at radius 1 is 1.22 bits per heavy atom. The van der Waals surface area contributed by atoms with Gasteiger partial charge in [-0.05, 0) is 24.8 Å². The van der Waals surface area contributed by atoms with E-state index in [1.165, 1.54) is 11.3 Å². The normalized spacial score (nSPS) is 13.2. The van der Waals surface area contributed by atoms with Crippen LogP contribution in [-0.2, 0) is 10.9 Å². The maximum absolute atomic E-state index is 13.0. The molecule has 1 fully saturated rings. The first kappa shape index (κ1) is 23.8. The van der Waals surface area contributed by atoms with E-state index in [-0.39, 0.29) is 11.4 Å². The molecule has 3 aromatic rings. The van der Waals surface area contributed by atoms with Gasteiger partial charge < -0.3 is 10.1 Å². The van der Waals surface area contributed by atoms with Crippen molar-refractivity contribution in [3.8, 4) is 11.3 Å². The molecule has 32 heavy (non-hydrogen) atoms. The molecular weight excluding hydrogens is 438 g/mol. The van der Waals surface area contributed by atoms with E-state index in [9.17, 15) is 18.0 Å². The molecule has 2 heterocycles. The van der Waals surface area contributed by atoms with Crippen LogP contribution in [0.15, 0.2) is 36.5 Å². The van der Waals surface area contributed by atoms with E-state index >= 15 is 0 Å². The van der Waals surface area contributed by atoms with E-state index < -0.39 is 17.7 Å². The molecule has 2 radical (unpaired) electrons. The number of thiazole rings is 1. The molecule has 0 atom stereocenters. The number of aromatic nitrogens is 2. The van der Waals surface area contributed by atoms with Crippen molar-refractivity contribution in [3.63, 3.8) is 0 Å². The van der Waals surface area contributed by atoms with E-state index in [2.05, 4.69) is 20.0 Å². The molecule has 10 heteroatoms. The minimum Gasteiger partial charge on any atom is -0.465 e. The van der Waals surface area contributed by atoms with Crippen molar-refractivity contribution >= 4 is 41.6 Å². The number of carbonyl (C=O) groups is 1. The van der Waals surface area contributed by atoms with Crippen molar-refractivity contribution in [1.29, 1.82) is 0 Å². The second-order valence-electron chi connectivity index (χ2n) is 6.86. The van der Waals surface area contributed by atoms with Gasteiger partial charge in [0.15, 0.2) is 5.13 Å². The molecule has 166 valence electrons. The monoisotopic (exact) mass is 459 g/mol. The second kappa shape index (κ2) is 9.73. The van der Waals surface area contributed by atoms with E-state index in [1.54, 1.807) is 12.1 Å². The lowest BCUT2D eigenvalue weighted by Crippen LogP contribution is -2.12. The lowest BCUT2D eigenvalue weighted by atomic mass is 9.94. The minimum absolute atomic E-state index is 0.0465.